The van der Waals surface area contributed by atoms with E-state index in [0.717, 1.165) is 18.4 Å². The van der Waals surface area contributed by atoms with Crippen molar-refractivity contribution in [2.75, 3.05) is 0 Å². The molecule has 2 aromatic rings. The molecule has 0 aliphatic rings. The zero-order chi connectivity index (χ0) is 15.2. The van der Waals surface area contributed by atoms with Crippen LogP contribution < -0.4 is 11.1 Å². The molecule has 0 saturated heterocycles. The first-order valence-electron chi connectivity index (χ1n) is 6.83. The van der Waals surface area contributed by atoms with Crippen molar-refractivity contribution >= 4 is 5.91 Å². The predicted molar refractivity (Wildman–Crippen MR) is 75.9 cm³/mol. The van der Waals surface area contributed by atoms with Gasteiger partial charge in [-0.15, -0.1) is 0 Å². The van der Waals surface area contributed by atoms with Crippen LogP contribution in [0.3, 0.4) is 0 Å². The van der Waals surface area contributed by atoms with E-state index in [9.17, 15) is 9.18 Å². The summed E-state index contributed by atoms with van der Waals surface area (Å²) in [5.41, 5.74) is 6.87. The van der Waals surface area contributed by atoms with Crippen LogP contribution in [0.15, 0.2) is 34.9 Å². The molecule has 3 N–H and O–H groups in total. The minimum Gasteiger partial charge on any atom is -0.446 e. The van der Waals surface area contributed by atoms with E-state index in [1.807, 2.05) is 6.92 Å². The first kappa shape index (κ1) is 15.2. The van der Waals surface area contributed by atoms with Crippen molar-refractivity contribution in [3.8, 4) is 0 Å². The van der Waals surface area contributed by atoms with Gasteiger partial charge in [-0.05, 0) is 24.1 Å². The Hall–Kier alpha value is -2.21. The van der Waals surface area contributed by atoms with E-state index in [4.69, 9.17) is 10.2 Å². The Balaban J connectivity index is 1.93. The third kappa shape index (κ3) is 4.13. The molecule has 0 radical (unpaired) electrons. The van der Waals surface area contributed by atoms with E-state index in [2.05, 4.69) is 10.3 Å². The van der Waals surface area contributed by atoms with Gasteiger partial charge in [0, 0.05) is 6.54 Å². The third-order valence-corrected chi connectivity index (χ3v) is 3.04. The highest BCUT2D eigenvalue weighted by Crippen LogP contribution is 2.15. The number of halogens is 1. The number of hydrogen-bond acceptors (Lipinski definition) is 4. The number of rotatable bonds is 6. The van der Waals surface area contributed by atoms with Crippen molar-refractivity contribution < 1.29 is 13.6 Å². The normalized spacial score (nSPS) is 12.1. The lowest BCUT2D eigenvalue weighted by Gasteiger charge is -2.04. The molecule has 21 heavy (non-hydrogen) atoms. The largest absolute Gasteiger partial charge is 0.446 e. The molecule has 1 unspecified atom stereocenters. The fraction of sp³-hybridized carbons (Fsp3) is 0.333. The zero-order valence-corrected chi connectivity index (χ0v) is 11.8. The summed E-state index contributed by atoms with van der Waals surface area (Å²) < 4.78 is 18.0. The number of nitrogens with zero attached hydrogens (tertiary/aromatic N) is 1. The van der Waals surface area contributed by atoms with E-state index >= 15 is 0 Å². The molecule has 0 aliphatic heterocycles. The summed E-state index contributed by atoms with van der Waals surface area (Å²) >= 11 is 0. The van der Waals surface area contributed by atoms with E-state index in [1.165, 1.54) is 18.4 Å². The molecule has 1 aromatic carbocycles. The molecule has 5 nitrogen and oxygen atoms in total. The summed E-state index contributed by atoms with van der Waals surface area (Å²) in [6.07, 6.45) is 2.96. The molecular weight excluding hydrogens is 273 g/mol. The van der Waals surface area contributed by atoms with Crippen LogP contribution in [0.2, 0.25) is 0 Å². The van der Waals surface area contributed by atoms with Crippen LogP contribution in [-0.4, -0.2) is 10.9 Å². The van der Waals surface area contributed by atoms with Gasteiger partial charge in [-0.1, -0.05) is 25.5 Å². The summed E-state index contributed by atoms with van der Waals surface area (Å²) in [7, 11) is 0. The number of amides is 1. The monoisotopic (exact) mass is 291 g/mol. The predicted octanol–water partition coefficient (Wildman–Crippen LogP) is 2.54. The van der Waals surface area contributed by atoms with Crippen molar-refractivity contribution in [2.24, 2.45) is 5.73 Å². The lowest BCUT2D eigenvalue weighted by molar-refractivity contribution is 0.0946. The Bertz CT molecular complexity index is 595. The average molecular weight is 291 g/mol. The van der Waals surface area contributed by atoms with Crippen molar-refractivity contribution in [1.29, 1.82) is 0 Å². The van der Waals surface area contributed by atoms with Crippen LogP contribution in [0.25, 0.3) is 0 Å². The Morgan fingerprint density at radius 1 is 1.43 bits per heavy atom. The Morgan fingerprint density at radius 3 is 2.81 bits per heavy atom. The number of benzene rings is 1. The van der Waals surface area contributed by atoms with Crippen LogP contribution >= 0.6 is 0 Å². The van der Waals surface area contributed by atoms with Gasteiger partial charge < -0.3 is 15.5 Å². The lowest BCUT2D eigenvalue weighted by atomic mass is 10.2. The molecule has 0 spiro atoms. The van der Waals surface area contributed by atoms with E-state index in [0.29, 0.717) is 12.4 Å². The summed E-state index contributed by atoms with van der Waals surface area (Å²) in [5.74, 6) is -0.294. The van der Waals surface area contributed by atoms with Crippen molar-refractivity contribution in [2.45, 2.75) is 32.4 Å². The zero-order valence-electron chi connectivity index (χ0n) is 11.8. The number of carbonyl (C=O) groups is 1. The summed E-state index contributed by atoms with van der Waals surface area (Å²) in [6, 6.07) is 5.62. The van der Waals surface area contributed by atoms with Crippen molar-refractivity contribution in [3.63, 3.8) is 0 Å². The van der Waals surface area contributed by atoms with Gasteiger partial charge in [-0.25, -0.2) is 9.37 Å². The number of oxazole rings is 1. The number of hydrogen-bond donors (Lipinski definition) is 2. The molecule has 6 heteroatoms. The second-order valence-corrected chi connectivity index (χ2v) is 4.78. The minimum absolute atomic E-state index is 0.193. The number of aromatic nitrogens is 1. The highest BCUT2D eigenvalue weighted by Gasteiger charge is 2.16. The molecule has 0 aliphatic carbocycles. The van der Waals surface area contributed by atoms with E-state index in [1.54, 1.807) is 12.1 Å². The van der Waals surface area contributed by atoms with Gasteiger partial charge >= 0.3 is 0 Å². The van der Waals surface area contributed by atoms with Gasteiger partial charge in [0.1, 0.15) is 12.1 Å². The maximum Gasteiger partial charge on any atom is 0.273 e. The Labute approximate surface area is 122 Å². The Kier molecular flexibility index (Phi) is 5.05. The molecule has 112 valence electrons. The molecule has 1 aromatic heterocycles. The molecule has 1 atom stereocenters. The van der Waals surface area contributed by atoms with Gasteiger partial charge in [0.15, 0.2) is 5.69 Å². The third-order valence-electron chi connectivity index (χ3n) is 3.04. The van der Waals surface area contributed by atoms with Gasteiger partial charge in [-0.2, -0.15) is 0 Å². The van der Waals surface area contributed by atoms with Gasteiger partial charge in [-0.3, -0.25) is 4.79 Å². The highest BCUT2D eigenvalue weighted by atomic mass is 19.1. The molecule has 1 amide bonds. The molecule has 0 bridgehead atoms. The summed E-state index contributed by atoms with van der Waals surface area (Å²) in [5, 5.41) is 2.69. The SMILES string of the molecule is CCCC(N)c1nc(C(=O)NCc2ccc(F)cc2)co1. The summed E-state index contributed by atoms with van der Waals surface area (Å²) in [6.45, 7) is 2.31. The topological polar surface area (TPSA) is 81.1 Å². The number of nitrogens with two attached hydrogens (primary N) is 1. The standard InChI is InChI=1S/C15H18FN3O2/c1-2-3-12(17)15-19-13(9-21-15)14(20)18-8-10-4-6-11(16)7-5-10/h4-7,9,12H,2-3,8,17H2,1H3,(H,18,20). The first-order valence-corrected chi connectivity index (χ1v) is 6.83. The maximum absolute atomic E-state index is 12.8. The van der Waals surface area contributed by atoms with Crippen LogP contribution in [0, 0.1) is 5.82 Å². The van der Waals surface area contributed by atoms with Gasteiger partial charge in [0.25, 0.3) is 5.91 Å². The van der Waals surface area contributed by atoms with Crippen LogP contribution in [0.4, 0.5) is 4.39 Å². The van der Waals surface area contributed by atoms with Crippen molar-refractivity contribution in [1.82, 2.24) is 10.3 Å². The van der Waals surface area contributed by atoms with E-state index in [-0.39, 0.29) is 23.5 Å². The Morgan fingerprint density at radius 2 is 2.14 bits per heavy atom. The van der Waals surface area contributed by atoms with Crippen LogP contribution in [0.1, 0.15) is 47.7 Å². The minimum atomic E-state index is -0.349. The number of carbonyl (C=O) groups excluding carboxylic acids is 1. The van der Waals surface area contributed by atoms with Crippen LogP contribution in [0.5, 0.6) is 0 Å². The van der Waals surface area contributed by atoms with E-state index < -0.39 is 0 Å². The van der Waals surface area contributed by atoms with Crippen molar-refractivity contribution in [3.05, 3.63) is 53.5 Å². The first-order chi connectivity index (χ1) is 10.1. The molecule has 0 fully saturated rings. The van der Waals surface area contributed by atoms with Crippen LogP contribution in [-0.2, 0) is 6.54 Å². The van der Waals surface area contributed by atoms with Gasteiger partial charge in [0.05, 0.1) is 6.04 Å². The quantitative estimate of drug-likeness (QED) is 0.857. The maximum atomic E-state index is 12.8. The fourth-order valence-electron chi connectivity index (χ4n) is 1.87. The second kappa shape index (κ2) is 6.99. The fourth-order valence-corrected chi connectivity index (χ4v) is 1.87. The van der Waals surface area contributed by atoms with Gasteiger partial charge in [0.2, 0.25) is 5.89 Å². The lowest BCUT2D eigenvalue weighted by Crippen LogP contribution is -2.23. The second-order valence-electron chi connectivity index (χ2n) is 4.78. The number of nitrogens with one attached hydrogen (secondary N) is 1. The molecule has 1 heterocycles. The smallest absolute Gasteiger partial charge is 0.273 e. The highest BCUT2D eigenvalue weighted by molar-refractivity contribution is 5.91. The molecular formula is C15H18FN3O2. The molecule has 0 saturated carbocycles. The molecule has 2 rings (SSSR count). The average Bonchev–Trinajstić information content (AvgIpc) is 2.96. The summed E-state index contributed by atoms with van der Waals surface area (Å²) in [4.78, 5) is 16.0.